The summed E-state index contributed by atoms with van der Waals surface area (Å²) in [5.74, 6) is 1.68. The van der Waals surface area contributed by atoms with Gasteiger partial charge in [-0.3, -0.25) is 9.59 Å². The zero-order chi connectivity index (χ0) is 27.7. The van der Waals surface area contributed by atoms with E-state index in [1.807, 2.05) is 24.3 Å². The molecule has 0 aliphatic heterocycles. The molecule has 1 atom stereocenters. The van der Waals surface area contributed by atoms with Crippen LogP contribution in [0.2, 0.25) is 5.02 Å². The summed E-state index contributed by atoms with van der Waals surface area (Å²) in [6.45, 7) is 8.40. The number of nitrogens with zero attached hydrogens (tertiary/aromatic N) is 1. The van der Waals surface area contributed by atoms with Crippen LogP contribution in [0.4, 0.5) is 10.7 Å². The maximum atomic E-state index is 13.5. The van der Waals surface area contributed by atoms with Crippen molar-refractivity contribution in [2.75, 3.05) is 5.32 Å². The Bertz CT molecular complexity index is 1540. The number of Topliss-reactive ketones (excluding diaryl/α,β-unsaturated/α-hetero) is 1. The third kappa shape index (κ3) is 6.07. The summed E-state index contributed by atoms with van der Waals surface area (Å²) in [5, 5.41) is 4.33. The van der Waals surface area contributed by atoms with Crippen LogP contribution >= 0.6 is 22.9 Å². The van der Waals surface area contributed by atoms with Crippen molar-refractivity contribution in [3.8, 4) is 11.3 Å². The van der Waals surface area contributed by atoms with Crippen molar-refractivity contribution in [1.82, 2.24) is 0 Å². The number of fused-ring (bicyclic) bond motifs is 1. The lowest BCUT2D eigenvalue weighted by molar-refractivity contribution is 0.101. The van der Waals surface area contributed by atoms with Gasteiger partial charge in [-0.2, -0.15) is 0 Å². The second kappa shape index (κ2) is 10.9. The standard InChI is InChI=1S/C32H31ClN2O3S/c1-19(36)20-5-7-21(8-6-20)27-16-14-25(38-27)18-34-31-29(30(37)35-24-12-10-23(33)11-13-24)26-15-9-22(32(2,3)4)17-28(26)39-31/h5-8,10-14,16,18,22H,9,15,17H2,1-4H3,(H,35,37)/t22-/m0/s1. The minimum Gasteiger partial charge on any atom is -0.455 e. The van der Waals surface area contributed by atoms with Gasteiger partial charge in [0.15, 0.2) is 5.78 Å². The van der Waals surface area contributed by atoms with Gasteiger partial charge in [0.25, 0.3) is 5.91 Å². The Morgan fingerprint density at radius 1 is 1.05 bits per heavy atom. The summed E-state index contributed by atoms with van der Waals surface area (Å²) in [6.07, 6.45) is 4.52. The van der Waals surface area contributed by atoms with Crippen molar-refractivity contribution >= 4 is 51.5 Å². The van der Waals surface area contributed by atoms with E-state index in [0.29, 0.717) is 44.3 Å². The Kier molecular flexibility index (Phi) is 7.61. The van der Waals surface area contributed by atoms with Gasteiger partial charge >= 0.3 is 0 Å². The number of nitrogens with one attached hydrogen (secondary N) is 1. The number of thiophene rings is 1. The van der Waals surface area contributed by atoms with Gasteiger partial charge in [-0.15, -0.1) is 11.3 Å². The molecule has 0 bridgehead atoms. The molecule has 7 heteroatoms. The van der Waals surface area contributed by atoms with E-state index in [2.05, 4.69) is 26.1 Å². The number of carbonyl (C=O) groups excluding carboxylic acids is 2. The third-order valence-corrected chi connectivity index (χ3v) is 8.73. The molecular weight excluding hydrogens is 528 g/mol. The van der Waals surface area contributed by atoms with Gasteiger partial charge in [-0.1, -0.05) is 56.6 Å². The van der Waals surface area contributed by atoms with Crippen LogP contribution in [-0.4, -0.2) is 17.9 Å². The van der Waals surface area contributed by atoms with E-state index in [-0.39, 0.29) is 17.1 Å². The van der Waals surface area contributed by atoms with Gasteiger partial charge in [0.1, 0.15) is 16.5 Å². The summed E-state index contributed by atoms with van der Waals surface area (Å²) in [7, 11) is 0. The van der Waals surface area contributed by atoms with Crippen molar-refractivity contribution in [2.45, 2.75) is 47.0 Å². The summed E-state index contributed by atoms with van der Waals surface area (Å²) >= 11 is 7.62. The first-order valence-electron chi connectivity index (χ1n) is 13.0. The van der Waals surface area contributed by atoms with E-state index >= 15 is 0 Å². The van der Waals surface area contributed by atoms with Crippen molar-refractivity contribution in [3.63, 3.8) is 0 Å². The highest BCUT2D eigenvalue weighted by molar-refractivity contribution is 7.16. The summed E-state index contributed by atoms with van der Waals surface area (Å²) < 4.78 is 6.02. The van der Waals surface area contributed by atoms with Gasteiger partial charge in [0.2, 0.25) is 0 Å². The van der Waals surface area contributed by atoms with Crippen LogP contribution in [0.1, 0.15) is 71.0 Å². The van der Waals surface area contributed by atoms with Gasteiger partial charge < -0.3 is 9.73 Å². The van der Waals surface area contributed by atoms with E-state index in [1.54, 1.807) is 60.9 Å². The van der Waals surface area contributed by atoms with Crippen LogP contribution in [0.15, 0.2) is 70.1 Å². The molecule has 2 aromatic heterocycles. The van der Waals surface area contributed by atoms with Crippen LogP contribution in [0.3, 0.4) is 0 Å². The van der Waals surface area contributed by atoms with Crippen LogP contribution < -0.4 is 5.32 Å². The van der Waals surface area contributed by atoms with E-state index in [1.165, 1.54) is 4.88 Å². The molecule has 39 heavy (non-hydrogen) atoms. The Morgan fingerprint density at radius 2 is 1.77 bits per heavy atom. The second-order valence-corrected chi connectivity index (χ2v) is 12.6. The lowest BCUT2D eigenvalue weighted by Gasteiger charge is -2.33. The van der Waals surface area contributed by atoms with Crippen molar-refractivity contribution in [2.24, 2.45) is 16.3 Å². The molecule has 0 saturated carbocycles. The second-order valence-electron chi connectivity index (χ2n) is 11.0. The molecule has 0 fully saturated rings. The predicted molar refractivity (Wildman–Crippen MR) is 160 cm³/mol. The lowest BCUT2D eigenvalue weighted by Crippen LogP contribution is -2.27. The van der Waals surface area contributed by atoms with Gasteiger partial charge in [-0.05, 0) is 79.5 Å². The van der Waals surface area contributed by atoms with E-state index in [4.69, 9.17) is 21.0 Å². The van der Waals surface area contributed by atoms with Crippen LogP contribution in [0, 0.1) is 11.3 Å². The minimum absolute atomic E-state index is 0.0252. The molecule has 0 saturated heterocycles. The molecule has 4 aromatic rings. The summed E-state index contributed by atoms with van der Waals surface area (Å²) in [5.41, 5.74) is 4.16. The third-order valence-electron chi connectivity index (χ3n) is 7.31. The first-order valence-corrected chi connectivity index (χ1v) is 14.2. The van der Waals surface area contributed by atoms with E-state index < -0.39 is 0 Å². The molecule has 2 aromatic carbocycles. The molecular formula is C32H31ClN2O3S. The number of ketones is 1. The molecule has 2 heterocycles. The Hall–Kier alpha value is -3.48. The number of hydrogen-bond acceptors (Lipinski definition) is 5. The quantitative estimate of drug-likeness (QED) is 0.189. The highest BCUT2D eigenvalue weighted by Crippen LogP contribution is 2.45. The molecule has 0 unspecified atom stereocenters. The molecule has 1 aliphatic carbocycles. The Labute approximate surface area is 237 Å². The average molecular weight is 559 g/mol. The van der Waals surface area contributed by atoms with Crippen molar-refractivity contribution < 1.29 is 14.0 Å². The highest BCUT2D eigenvalue weighted by Gasteiger charge is 2.33. The minimum atomic E-state index is -0.165. The van der Waals surface area contributed by atoms with Crippen LogP contribution in [0.5, 0.6) is 0 Å². The SMILES string of the molecule is CC(=O)c1ccc(-c2ccc(C=Nc3sc4c(c3C(=O)Nc3ccc(Cl)cc3)CC[C@H](C(C)(C)C)C4)o2)cc1. The number of anilines is 1. The number of benzene rings is 2. The zero-order valence-electron chi connectivity index (χ0n) is 22.5. The van der Waals surface area contributed by atoms with Crippen molar-refractivity contribution in [1.29, 1.82) is 0 Å². The van der Waals surface area contributed by atoms with Gasteiger partial charge in [0, 0.05) is 26.7 Å². The molecule has 1 amide bonds. The largest absolute Gasteiger partial charge is 0.455 e. The molecule has 200 valence electrons. The van der Waals surface area contributed by atoms with Crippen LogP contribution in [-0.2, 0) is 12.8 Å². The Balaban J connectivity index is 1.44. The average Bonchev–Trinajstić information content (AvgIpc) is 3.52. The molecule has 5 rings (SSSR count). The smallest absolute Gasteiger partial charge is 0.259 e. The lowest BCUT2D eigenvalue weighted by atomic mass is 9.72. The number of amides is 1. The monoisotopic (exact) mass is 558 g/mol. The molecule has 0 spiro atoms. The number of aliphatic imine (C=N–C) groups is 1. The fourth-order valence-corrected chi connectivity index (χ4v) is 6.33. The topological polar surface area (TPSA) is 71.7 Å². The van der Waals surface area contributed by atoms with Gasteiger partial charge in [-0.25, -0.2) is 4.99 Å². The maximum absolute atomic E-state index is 13.5. The molecule has 0 radical (unpaired) electrons. The van der Waals surface area contributed by atoms with E-state index in [9.17, 15) is 9.59 Å². The molecule has 5 nitrogen and oxygen atoms in total. The summed E-state index contributed by atoms with van der Waals surface area (Å²) in [4.78, 5) is 31.1. The summed E-state index contributed by atoms with van der Waals surface area (Å²) in [6, 6.07) is 18.2. The number of furan rings is 1. The van der Waals surface area contributed by atoms with E-state index in [0.717, 1.165) is 30.4 Å². The van der Waals surface area contributed by atoms with Crippen molar-refractivity contribution in [3.05, 3.63) is 93.0 Å². The highest BCUT2D eigenvalue weighted by atomic mass is 35.5. The number of halogens is 1. The Morgan fingerprint density at radius 3 is 2.44 bits per heavy atom. The number of carbonyl (C=O) groups is 2. The van der Waals surface area contributed by atoms with Crippen LogP contribution in [0.25, 0.3) is 11.3 Å². The number of hydrogen-bond donors (Lipinski definition) is 1. The first-order chi connectivity index (χ1) is 18.6. The normalized spacial score (nSPS) is 15.4. The number of rotatable bonds is 6. The van der Waals surface area contributed by atoms with Gasteiger partial charge in [0.05, 0.1) is 11.8 Å². The molecule has 1 aliphatic rings. The maximum Gasteiger partial charge on any atom is 0.259 e. The fraction of sp³-hybridized carbons (Fsp3) is 0.281. The molecule has 1 N–H and O–H groups in total. The fourth-order valence-electron chi connectivity index (χ4n) is 4.93. The predicted octanol–water partition coefficient (Wildman–Crippen LogP) is 9.02. The first kappa shape index (κ1) is 27.1. The zero-order valence-corrected chi connectivity index (χ0v) is 24.1.